The maximum atomic E-state index is 13.1. The van der Waals surface area contributed by atoms with Crippen molar-refractivity contribution in [2.45, 2.75) is 37.8 Å². The molecule has 0 saturated heterocycles. The van der Waals surface area contributed by atoms with E-state index in [1.54, 1.807) is 36.7 Å². The van der Waals surface area contributed by atoms with Crippen molar-refractivity contribution in [1.29, 1.82) is 0 Å². The van der Waals surface area contributed by atoms with Crippen molar-refractivity contribution < 1.29 is 17.7 Å². The molecule has 11 heteroatoms. The summed E-state index contributed by atoms with van der Waals surface area (Å²) in [5.41, 5.74) is 3.61. The van der Waals surface area contributed by atoms with Gasteiger partial charge in [0, 0.05) is 18.7 Å². The highest BCUT2D eigenvalue weighted by atomic mass is 32.2. The average molecular weight is 507 g/mol. The first kappa shape index (κ1) is 23.9. The molecule has 0 fully saturated rings. The summed E-state index contributed by atoms with van der Waals surface area (Å²) in [4.78, 5) is 15.4. The molecule has 0 unspecified atom stereocenters. The monoisotopic (exact) mass is 506 g/mol. The molecule has 1 atom stereocenters. The Morgan fingerprint density at radius 3 is 2.69 bits per heavy atom. The van der Waals surface area contributed by atoms with E-state index in [0.717, 1.165) is 29.8 Å². The van der Waals surface area contributed by atoms with Crippen molar-refractivity contribution in [3.05, 3.63) is 77.7 Å². The zero-order valence-corrected chi connectivity index (χ0v) is 20.8. The average Bonchev–Trinajstić information content (AvgIpc) is 3.36. The summed E-state index contributed by atoms with van der Waals surface area (Å²) in [6.07, 6.45) is 4.17. The van der Waals surface area contributed by atoms with Crippen molar-refractivity contribution in [2.75, 3.05) is 17.9 Å². The van der Waals surface area contributed by atoms with Crippen molar-refractivity contribution >= 4 is 16.0 Å². The minimum Gasteiger partial charge on any atom is -0.477 e. The van der Waals surface area contributed by atoms with Crippen LogP contribution in [-0.2, 0) is 23.0 Å². The summed E-state index contributed by atoms with van der Waals surface area (Å²) in [6.45, 7) is 5.93. The van der Waals surface area contributed by atoms with Crippen molar-refractivity contribution in [1.82, 2.24) is 25.0 Å². The summed E-state index contributed by atoms with van der Waals surface area (Å²) in [6, 6.07) is 14.3. The molecule has 1 aliphatic heterocycles. The van der Waals surface area contributed by atoms with Crippen LogP contribution in [0.2, 0.25) is 0 Å². The Hall–Kier alpha value is -3.83. The van der Waals surface area contributed by atoms with Crippen LogP contribution < -0.4 is 9.46 Å². The molecular formula is C25H26N6O4S. The Morgan fingerprint density at radius 1 is 1.11 bits per heavy atom. The number of nitrogens with one attached hydrogen (secondary N) is 1. The van der Waals surface area contributed by atoms with Gasteiger partial charge in [-0.05, 0) is 60.8 Å². The summed E-state index contributed by atoms with van der Waals surface area (Å²) < 4.78 is 39.2. The Labute approximate surface area is 209 Å². The zero-order chi connectivity index (χ0) is 25.1. The standard InChI is InChI=1S/C25H26N6O4S/c1-3-34-23-15-26-22(14-27-23)17(2)31-12-11-18-9-10-21(13-20(18)16-31)36(32,33)30-25-28-24(35-29-25)19-7-5-4-6-8-19/h4-10,13-15,17H,3,11-12,16H2,1-2H3,(H,29,30)/t17-/m1/s1. The highest BCUT2D eigenvalue weighted by Crippen LogP contribution is 2.29. The van der Waals surface area contributed by atoms with Gasteiger partial charge >= 0.3 is 0 Å². The van der Waals surface area contributed by atoms with Gasteiger partial charge in [-0.2, -0.15) is 4.98 Å². The quantitative estimate of drug-likeness (QED) is 0.379. The molecule has 10 nitrogen and oxygen atoms in total. The van der Waals surface area contributed by atoms with Gasteiger partial charge in [-0.3, -0.25) is 9.88 Å². The lowest BCUT2D eigenvalue weighted by Gasteiger charge is -2.33. The lowest BCUT2D eigenvalue weighted by atomic mass is 9.98. The normalized spacial score (nSPS) is 14.7. The maximum absolute atomic E-state index is 13.1. The van der Waals surface area contributed by atoms with E-state index in [-0.39, 0.29) is 22.8 Å². The summed E-state index contributed by atoms with van der Waals surface area (Å²) in [5, 5.41) is 3.77. The SMILES string of the molecule is CCOc1cnc([C@@H](C)N2CCc3ccc(S(=O)(=O)Nc4noc(-c5ccccc5)n4)cc3C2)cn1. The number of nitrogens with zero attached hydrogens (tertiary/aromatic N) is 5. The van der Waals surface area contributed by atoms with E-state index in [0.29, 0.717) is 24.6 Å². The van der Waals surface area contributed by atoms with Gasteiger partial charge in [-0.25, -0.2) is 18.1 Å². The van der Waals surface area contributed by atoms with Crippen LogP contribution in [0.15, 0.2) is 70.3 Å². The van der Waals surface area contributed by atoms with Crippen LogP contribution in [-0.4, -0.2) is 46.6 Å². The molecule has 0 spiro atoms. The van der Waals surface area contributed by atoms with E-state index < -0.39 is 10.0 Å². The maximum Gasteiger partial charge on any atom is 0.277 e. The summed E-state index contributed by atoms with van der Waals surface area (Å²) in [7, 11) is -3.91. The number of aromatic nitrogens is 4. The minimum absolute atomic E-state index is 0.00968. The molecule has 1 N–H and O–H groups in total. The second-order valence-corrected chi connectivity index (χ2v) is 10.1. The van der Waals surface area contributed by atoms with E-state index in [1.165, 1.54) is 0 Å². The molecule has 0 aliphatic carbocycles. The number of sulfonamides is 1. The van der Waals surface area contributed by atoms with E-state index in [4.69, 9.17) is 9.26 Å². The highest BCUT2D eigenvalue weighted by molar-refractivity contribution is 7.92. The Balaban J connectivity index is 1.31. The smallest absolute Gasteiger partial charge is 0.277 e. The van der Waals surface area contributed by atoms with Gasteiger partial charge in [0.25, 0.3) is 21.9 Å². The Kier molecular flexibility index (Phi) is 6.66. The highest BCUT2D eigenvalue weighted by Gasteiger charge is 2.25. The molecule has 0 saturated carbocycles. The molecule has 5 rings (SSSR count). The summed E-state index contributed by atoms with van der Waals surface area (Å²) >= 11 is 0. The van der Waals surface area contributed by atoms with Gasteiger partial charge in [0.15, 0.2) is 0 Å². The van der Waals surface area contributed by atoms with Crippen molar-refractivity contribution in [3.8, 4) is 17.3 Å². The van der Waals surface area contributed by atoms with Crippen LogP contribution in [0.4, 0.5) is 5.95 Å². The zero-order valence-electron chi connectivity index (χ0n) is 20.0. The lowest BCUT2D eigenvalue weighted by Crippen LogP contribution is -2.33. The van der Waals surface area contributed by atoms with Gasteiger partial charge in [0.2, 0.25) is 5.88 Å². The first-order valence-corrected chi connectivity index (χ1v) is 13.1. The van der Waals surface area contributed by atoms with Gasteiger partial charge < -0.3 is 9.26 Å². The molecule has 186 valence electrons. The third kappa shape index (κ3) is 5.07. The molecular weight excluding hydrogens is 480 g/mol. The number of rotatable bonds is 8. The van der Waals surface area contributed by atoms with Crippen LogP contribution in [0.1, 0.15) is 36.7 Å². The first-order valence-electron chi connectivity index (χ1n) is 11.7. The lowest BCUT2D eigenvalue weighted by molar-refractivity contribution is 0.188. The molecule has 2 aromatic heterocycles. The fraction of sp³-hybridized carbons (Fsp3) is 0.280. The Bertz CT molecular complexity index is 1440. The molecule has 0 bridgehead atoms. The molecule has 0 amide bonds. The number of fused-ring (bicyclic) bond motifs is 1. The van der Waals surface area contributed by atoms with Gasteiger partial charge in [-0.15, -0.1) is 0 Å². The number of hydrogen-bond donors (Lipinski definition) is 1. The third-order valence-electron chi connectivity index (χ3n) is 6.12. The minimum atomic E-state index is -3.91. The number of ether oxygens (including phenoxy) is 1. The molecule has 36 heavy (non-hydrogen) atoms. The van der Waals surface area contributed by atoms with E-state index in [9.17, 15) is 8.42 Å². The number of hydrogen-bond acceptors (Lipinski definition) is 9. The van der Waals surface area contributed by atoms with Crippen LogP contribution in [0.3, 0.4) is 0 Å². The topological polar surface area (TPSA) is 123 Å². The predicted octanol–water partition coefficient (Wildman–Crippen LogP) is 3.85. The molecule has 0 radical (unpaired) electrons. The van der Waals surface area contributed by atoms with Gasteiger partial charge in [0.1, 0.15) is 0 Å². The van der Waals surface area contributed by atoms with E-state index in [2.05, 4.69) is 36.7 Å². The van der Waals surface area contributed by atoms with Gasteiger partial charge in [-0.1, -0.05) is 24.3 Å². The van der Waals surface area contributed by atoms with Crippen molar-refractivity contribution in [2.24, 2.45) is 0 Å². The number of benzene rings is 2. The second-order valence-electron chi connectivity index (χ2n) is 8.43. The van der Waals surface area contributed by atoms with Gasteiger partial charge in [0.05, 0.1) is 35.6 Å². The van der Waals surface area contributed by atoms with Crippen LogP contribution >= 0.6 is 0 Å². The van der Waals surface area contributed by atoms with E-state index in [1.807, 2.05) is 31.2 Å². The molecule has 3 heterocycles. The van der Waals surface area contributed by atoms with Crippen LogP contribution in [0, 0.1) is 0 Å². The fourth-order valence-corrected chi connectivity index (χ4v) is 5.13. The summed E-state index contributed by atoms with van der Waals surface area (Å²) in [5.74, 6) is 0.619. The third-order valence-corrected chi connectivity index (χ3v) is 7.44. The molecule has 1 aliphatic rings. The second kappa shape index (κ2) is 10.0. The van der Waals surface area contributed by atoms with Crippen molar-refractivity contribution in [3.63, 3.8) is 0 Å². The Morgan fingerprint density at radius 2 is 1.94 bits per heavy atom. The molecule has 4 aromatic rings. The fourth-order valence-electron chi connectivity index (χ4n) is 4.15. The van der Waals surface area contributed by atoms with Crippen LogP contribution in [0.5, 0.6) is 5.88 Å². The predicted molar refractivity (Wildman–Crippen MR) is 133 cm³/mol. The molecule has 2 aromatic carbocycles. The number of anilines is 1. The first-order chi connectivity index (χ1) is 17.4. The van der Waals surface area contributed by atoms with E-state index >= 15 is 0 Å². The van der Waals surface area contributed by atoms with Crippen LogP contribution in [0.25, 0.3) is 11.5 Å². The largest absolute Gasteiger partial charge is 0.477 e.